The van der Waals surface area contributed by atoms with Crippen molar-refractivity contribution in [3.05, 3.63) is 29.8 Å². The second-order valence-electron chi connectivity index (χ2n) is 3.57. The van der Waals surface area contributed by atoms with E-state index in [9.17, 15) is 0 Å². The van der Waals surface area contributed by atoms with Crippen LogP contribution in [0, 0.1) is 0 Å². The molecule has 3 heteroatoms. The number of hydrogen-bond acceptors (Lipinski definition) is 3. The minimum absolute atomic E-state index is 0.818. The van der Waals surface area contributed by atoms with Gasteiger partial charge in [0.05, 0.1) is 6.61 Å². The summed E-state index contributed by atoms with van der Waals surface area (Å²) in [6.45, 7) is 3.91. The van der Waals surface area contributed by atoms with Gasteiger partial charge in [0.2, 0.25) is 0 Å². The Balaban J connectivity index is 2.21. The van der Waals surface area contributed by atoms with E-state index in [0.29, 0.717) is 0 Å². The zero-order chi connectivity index (χ0) is 11.6. The molecule has 0 radical (unpaired) electrons. The Morgan fingerprint density at radius 1 is 1.25 bits per heavy atom. The quantitative estimate of drug-likeness (QED) is 0.705. The van der Waals surface area contributed by atoms with Crippen molar-refractivity contribution in [1.29, 1.82) is 0 Å². The summed E-state index contributed by atoms with van der Waals surface area (Å²) in [5.41, 5.74) is 1.29. The summed E-state index contributed by atoms with van der Waals surface area (Å²) in [4.78, 5) is 0. The Kier molecular flexibility index (Phi) is 7.10. The standard InChI is InChI=1S/C13H21NOS/c1-3-16-10-4-9-15-13-7-5-12(6-8-13)11-14-2/h5-8,14H,3-4,9-11H2,1-2H3. The van der Waals surface area contributed by atoms with Crippen LogP contribution in [0.4, 0.5) is 0 Å². The van der Waals surface area contributed by atoms with E-state index in [-0.39, 0.29) is 0 Å². The van der Waals surface area contributed by atoms with Gasteiger partial charge < -0.3 is 10.1 Å². The highest BCUT2D eigenvalue weighted by molar-refractivity contribution is 7.99. The molecule has 1 rings (SSSR count). The first-order valence-electron chi connectivity index (χ1n) is 5.81. The highest BCUT2D eigenvalue weighted by Crippen LogP contribution is 2.12. The molecule has 1 aromatic rings. The molecule has 0 saturated heterocycles. The van der Waals surface area contributed by atoms with Crippen LogP contribution >= 0.6 is 11.8 Å². The van der Waals surface area contributed by atoms with Gasteiger partial charge >= 0.3 is 0 Å². The zero-order valence-electron chi connectivity index (χ0n) is 10.2. The molecule has 0 aromatic heterocycles. The number of thioether (sulfide) groups is 1. The molecule has 0 heterocycles. The molecule has 0 aliphatic carbocycles. The van der Waals surface area contributed by atoms with Gasteiger partial charge in [0.25, 0.3) is 0 Å². The second kappa shape index (κ2) is 8.48. The molecule has 0 aliphatic rings. The molecule has 0 aliphatic heterocycles. The van der Waals surface area contributed by atoms with Crippen molar-refractivity contribution in [2.75, 3.05) is 25.2 Å². The monoisotopic (exact) mass is 239 g/mol. The Hall–Kier alpha value is -0.670. The van der Waals surface area contributed by atoms with Crippen molar-refractivity contribution in [2.45, 2.75) is 19.9 Å². The summed E-state index contributed by atoms with van der Waals surface area (Å²) in [7, 11) is 1.95. The van der Waals surface area contributed by atoms with Gasteiger partial charge in [-0.25, -0.2) is 0 Å². The summed E-state index contributed by atoms with van der Waals surface area (Å²) < 4.78 is 5.65. The van der Waals surface area contributed by atoms with E-state index in [4.69, 9.17) is 4.74 Å². The van der Waals surface area contributed by atoms with Crippen molar-refractivity contribution in [3.8, 4) is 5.75 Å². The van der Waals surface area contributed by atoms with Gasteiger partial charge in [0.15, 0.2) is 0 Å². The molecule has 0 fully saturated rings. The van der Waals surface area contributed by atoms with E-state index in [0.717, 1.165) is 25.3 Å². The molecule has 16 heavy (non-hydrogen) atoms. The van der Waals surface area contributed by atoms with Crippen LogP contribution in [0.25, 0.3) is 0 Å². The van der Waals surface area contributed by atoms with Crippen LogP contribution < -0.4 is 10.1 Å². The summed E-state index contributed by atoms with van der Waals surface area (Å²) in [5, 5.41) is 3.13. The average Bonchev–Trinajstić information content (AvgIpc) is 2.31. The lowest BCUT2D eigenvalue weighted by Crippen LogP contribution is -2.05. The topological polar surface area (TPSA) is 21.3 Å². The molecule has 2 nitrogen and oxygen atoms in total. The van der Waals surface area contributed by atoms with E-state index in [2.05, 4.69) is 24.4 Å². The lowest BCUT2D eigenvalue weighted by molar-refractivity contribution is 0.318. The predicted molar refractivity (Wildman–Crippen MR) is 72.3 cm³/mol. The number of benzene rings is 1. The highest BCUT2D eigenvalue weighted by Gasteiger charge is 1.95. The minimum atomic E-state index is 0.818. The van der Waals surface area contributed by atoms with Gasteiger partial charge in [0.1, 0.15) is 5.75 Å². The molecular formula is C13H21NOS. The van der Waals surface area contributed by atoms with Crippen molar-refractivity contribution < 1.29 is 4.74 Å². The number of nitrogens with one attached hydrogen (secondary N) is 1. The van der Waals surface area contributed by atoms with E-state index in [1.807, 2.05) is 30.9 Å². The van der Waals surface area contributed by atoms with Crippen LogP contribution in [0.5, 0.6) is 5.75 Å². The predicted octanol–water partition coefficient (Wildman–Crippen LogP) is 2.93. The molecule has 0 saturated carbocycles. The third-order valence-corrected chi connectivity index (χ3v) is 3.20. The maximum Gasteiger partial charge on any atom is 0.119 e. The summed E-state index contributed by atoms with van der Waals surface area (Å²) in [6.07, 6.45) is 1.12. The Labute approximate surface area is 103 Å². The van der Waals surface area contributed by atoms with Gasteiger partial charge in [-0.15, -0.1) is 0 Å². The lowest BCUT2D eigenvalue weighted by Gasteiger charge is -2.06. The Bertz CT molecular complexity index is 274. The molecule has 1 N–H and O–H groups in total. The van der Waals surface area contributed by atoms with Crippen LogP contribution in [0.15, 0.2) is 24.3 Å². The van der Waals surface area contributed by atoms with E-state index >= 15 is 0 Å². The maximum atomic E-state index is 5.65. The Morgan fingerprint density at radius 2 is 2.00 bits per heavy atom. The summed E-state index contributed by atoms with van der Waals surface area (Å²) in [6, 6.07) is 8.29. The van der Waals surface area contributed by atoms with Crippen LogP contribution in [-0.2, 0) is 6.54 Å². The van der Waals surface area contributed by atoms with E-state index < -0.39 is 0 Å². The van der Waals surface area contributed by atoms with Crippen molar-refractivity contribution >= 4 is 11.8 Å². The highest BCUT2D eigenvalue weighted by atomic mass is 32.2. The van der Waals surface area contributed by atoms with Gasteiger partial charge in [0, 0.05) is 6.54 Å². The fourth-order valence-corrected chi connectivity index (χ4v) is 2.01. The summed E-state index contributed by atoms with van der Waals surface area (Å²) in [5.74, 6) is 3.36. The molecule has 0 spiro atoms. The molecule has 0 atom stereocenters. The largest absolute Gasteiger partial charge is 0.494 e. The van der Waals surface area contributed by atoms with Crippen molar-refractivity contribution in [2.24, 2.45) is 0 Å². The van der Waals surface area contributed by atoms with Crippen LogP contribution in [0.3, 0.4) is 0 Å². The van der Waals surface area contributed by atoms with Gasteiger partial charge in [-0.05, 0) is 42.7 Å². The molecule has 90 valence electrons. The molecular weight excluding hydrogens is 218 g/mol. The summed E-state index contributed by atoms with van der Waals surface area (Å²) >= 11 is 1.96. The number of rotatable bonds is 8. The van der Waals surface area contributed by atoms with Crippen molar-refractivity contribution in [3.63, 3.8) is 0 Å². The fourth-order valence-electron chi connectivity index (χ4n) is 1.40. The molecule has 1 aromatic carbocycles. The molecule has 0 unspecified atom stereocenters. The normalized spacial score (nSPS) is 10.4. The Morgan fingerprint density at radius 3 is 2.62 bits per heavy atom. The van der Waals surface area contributed by atoms with E-state index in [1.54, 1.807) is 0 Å². The van der Waals surface area contributed by atoms with Gasteiger partial charge in [-0.3, -0.25) is 0 Å². The average molecular weight is 239 g/mol. The zero-order valence-corrected chi connectivity index (χ0v) is 11.0. The number of ether oxygens (including phenoxy) is 1. The van der Waals surface area contributed by atoms with Gasteiger partial charge in [-0.1, -0.05) is 19.1 Å². The fraction of sp³-hybridized carbons (Fsp3) is 0.538. The van der Waals surface area contributed by atoms with Crippen LogP contribution in [0.1, 0.15) is 18.9 Å². The van der Waals surface area contributed by atoms with Crippen LogP contribution in [0.2, 0.25) is 0 Å². The first-order chi connectivity index (χ1) is 7.86. The third kappa shape index (κ3) is 5.42. The van der Waals surface area contributed by atoms with Crippen molar-refractivity contribution in [1.82, 2.24) is 5.32 Å². The number of hydrogen-bond donors (Lipinski definition) is 1. The smallest absolute Gasteiger partial charge is 0.119 e. The molecule has 0 amide bonds. The SMILES string of the molecule is CCSCCCOc1ccc(CNC)cc1. The maximum absolute atomic E-state index is 5.65. The third-order valence-electron chi connectivity index (χ3n) is 2.21. The van der Waals surface area contributed by atoms with E-state index in [1.165, 1.54) is 17.1 Å². The first kappa shape index (κ1) is 13.4. The van der Waals surface area contributed by atoms with Crippen LogP contribution in [-0.4, -0.2) is 25.2 Å². The molecule has 0 bridgehead atoms. The lowest BCUT2D eigenvalue weighted by atomic mass is 10.2. The van der Waals surface area contributed by atoms with Gasteiger partial charge in [-0.2, -0.15) is 11.8 Å². The second-order valence-corrected chi connectivity index (χ2v) is 4.97. The minimum Gasteiger partial charge on any atom is -0.494 e. The first-order valence-corrected chi connectivity index (χ1v) is 6.96.